The molecule has 1 atom stereocenters. The standard InChI is InChI=1S/C13H20BrN3O/c1-9(2)13-15-10(3)6-12(16-13)17-4-5-18-11(7-14)8-17/h6,9,11H,4-5,7-8H2,1-3H3. The van der Waals surface area contributed by atoms with Crippen molar-refractivity contribution in [3.8, 4) is 0 Å². The highest BCUT2D eigenvalue weighted by Crippen LogP contribution is 2.19. The molecule has 0 radical (unpaired) electrons. The summed E-state index contributed by atoms with van der Waals surface area (Å²) in [5.74, 6) is 2.31. The van der Waals surface area contributed by atoms with E-state index in [-0.39, 0.29) is 6.10 Å². The summed E-state index contributed by atoms with van der Waals surface area (Å²) in [4.78, 5) is 11.4. The number of hydrogen-bond donors (Lipinski definition) is 0. The third kappa shape index (κ3) is 3.20. The highest BCUT2D eigenvalue weighted by Gasteiger charge is 2.21. The molecule has 0 aromatic carbocycles. The topological polar surface area (TPSA) is 38.2 Å². The second-order valence-corrected chi connectivity index (χ2v) is 5.62. The molecule has 0 saturated carbocycles. The summed E-state index contributed by atoms with van der Waals surface area (Å²) in [6.07, 6.45) is 0.247. The summed E-state index contributed by atoms with van der Waals surface area (Å²) in [6, 6.07) is 2.06. The van der Waals surface area contributed by atoms with Crippen LogP contribution in [0.4, 0.5) is 5.82 Å². The second kappa shape index (κ2) is 5.97. The lowest BCUT2D eigenvalue weighted by Crippen LogP contribution is -2.43. The first-order valence-electron chi connectivity index (χ1n) is 6.38. The van der Waals surface area contributed by atoms with E-state index in [1.54, 1.807) is 0 Å². The fraction of sp³-hybridized carbons (Fsp3) is 0.692. The Bertz CT molecular complexity index is 411. The van der Waals surface area contributed by atoms with Gasteiger partial charge in [0, 0.05) is 36.1 Å². The number of halogens is 1. The van der Waals surface area contributed by atoms with Gasteiger partial charge in [-0.3, -0.25) is 0 Å². The van der Waals surface area contributed by atoms with E-state index >= 15 is 0 Å². The zero-order valence-electron chi connectivity index (χ0n) is 11.2. The number of nitrogens with zero attached hydrogens (tertiary/aromatic N) is 3. The van der Waals surface area contributed by atoms with E-state index in [4.69, 9.17) is 4.74 Å². The van der Waals surface area contributed by atoms with Gasteiger partial charge in [-0.15, -0.1) is 0 Å². The summed E-state index contributed by atoms with van der Waals surface area (Å²) in [7, 11) is 0. The van der Waals surface area contributed by atoms with Gasteiger partial charge in [0.25, 0.3) is 0 Å². The van der Waals surface area contributed by atoms with E-state index < -0.39 is 0 Å². The zero-order chi connectivity index (χ0) is 13.1. The fourth-order valence-electron chi connectivity index (χ4n) is 2.02. The summed E-state index contributed by atoms with van der Waals surface area (Å²) in [6.45, 7) is 8.82. The average molecular weight is 314 g/mol. The number of ether oxygens (including phenoxy) is 1. The molecule has 100 valence electrons. The van der Waals surface area contributed by atoms with Crippen LogP contribution in [0, 0.1) is 6.92 Å². The molecule has 1 saturated heterocycles. The molecule has 1 aliphatic heterocycles. The van der Waals surface area contributed by atoms with Crippen molar-refractivity contribution in [2.75, 3.05) is 29.9 Å². The Morgan fingerprint density at radius 2 is 2.28 bits per heavy atom. The minimum absolute atomic E-state index is 0.247. The number of aryl methyl sites for hydroxylation is 1. The smallest absolute Gasteiger partial charge is 0.133 e. The molecule has 1 aromatic heterocycles. The summed E-state index contributed by atoms with van der Waals surface area (Å²) in [5, 5.41) is 0.866. The van der Waals surface area contributed by atoms with E-state index in [2.05, 4.69) is 50.7 Å². The predicted molar refractivity (Wildman–Crippen MR) is 76.6 cm³/mol. The van der Waals surface area contributed by atoms with E-state index in [0.29, 0.717) is 5.92 Å². The molecule has 2 heterocycles. The molecule has 1 aliphatic rings. The number of anilines is 1. The van der Waals surface area contributed by atoms with Crippen LogP contribution >= 0.6 is 15.9 Å². The van der Waals surface area contributed by atoms with Gasteiger partial charge < -0.3 is 9.64 Å². The molecule has 18 heavy (non-hydrogen) atoms. The Hall–Kier alpha value is -0.680. The van der Waals surface area contributed by atoms with Crippen LogP contribution in [0.3, 0.4) is 0 Å². The maximum atomic E-state index is 5.65. The van der Waals surface area contributed by atoms with Gasteiger partial charge in [-0.25, -0.2) is 9.97 Å². The molecule has 1 fully saturated rings. The molecule has 0 N–H and O–H groups in total. The third-order valence-electron chi connectivity index (χ3n) is 3.01. The first-order valence-corrected chi connectivity index (χ1v) is 7.50. The van der Waals surface area contributed by atoms with E-state index in [1.807, 2.05) is 6.92 Å². The van der Waals surface area contributed by atoms with Gasteiger partial charge in [0.05, 0.1) is 12.7 Å². The van der Waals surface area contributed by atoms with E-state index in [9.17, 15) is 0 Å². The molecular weight excluding hydrogens is 294 g/mol. The van der Waals surface area contributed by atoms with Crippen LogP contribution < -0.4 is 4.90 Å². The van der Waals surface area contributed by atoms with Crippen molar-refractivity contribution in [3.05, 3.63) is 17.6 Å². The van der Waals surface area contributed by atoms with Crippen molar-refractivity contribution in [1.29, 1.82) is 0 Å². The molecule has 1 aromatic rings. The lowest BCUT2D eigenvalue weighted by Gasteiger charge is -2.33. The van der Waals surface area contributed by atoms with Crippen LogP contribution in [0.1, 0.15) is 31.3 Å². The molecule has 1 unspecified atom stereocenters. The van der Waals surface area contributed by atoms with Gasteiger partial charge in [-0.1, -0.05) is 29.8 Å². The Balaban J connectivity index is 2.21. The average Bonchev–Trinajstić information content (AvgIpc) is 2.38. The molecule has 0 amide bonds. The maximum absolute atomic E-state index is 5.65. The van der Waals surface area contributed by atoms with Crippen LogP contribution in [-0.4, -0.2) is 41.1 Å². The number of morpholine rings is 1. The first-order chi connectivity index (χ1) is 8.60. The number of alkyl halides is 1. The van der Waals surface area contributed by atoms with Crippen molar-refractivity contribution in [2.45, 2.75) is 32.8 Å². The van der Waals surface area contributed by atoms with Crippen LogP contribution in [0.2, 0.25) is 0 Å². The zero-order valence-corrected chi connectivity index (χ0v) is 12.8. The Labute approximate surface area is 117 Å². The number of aromatic nitrogens is 2. The molecule has 4 nitrogen and oxygen atoms in total. The van der Waals surface area contributed by atoms with Gasteiger partial charge in [0.2, 0.25) is 0 Å². The van der Waals surface area contributed by atoms with Crippen molar-refractivity contribution in [1.82, 2.24) is 9.97 Å². The quantitative estimate of drug-likeness (QED) is 0.804. The summed E-state index contributed by atoms with van der Waals surface area (Å²) in [5.41, 5.74) is 1.03. The number of hydrogen-bond acceptors (Lipinski definition) is 4. The van der Waals surface area contributed by atoms with Crippen LogP contribution in [-0.2, 0) is 4.74 Å². The van der Waals surface area contributed by atoms with Crippen LogP contribution in [0.15, 0.2) is 6.07 Å². The molecular formula is C13H20BrN3O. The highest BCUT2D eigenvalue weighted by atomic mass is 79.9. The lowest BCUT2D eigenvalue weighted by molar-refractivity contribution is 0.0568. The van der Waals surface area contributed by atoms with Crippen LogP contribution in [0.25, 0.3) is 0 Å². The highest BCUT2D eigenvalue weighted by molar-refractivity contribution is 9.09. The Morgan fingerprint density at radius 1 is 1.50 bits per heavy atom. The van der Waals surface area contributed by atoms with E-state index in [0.717, 1.165) is 42.4 Å². The summed E-state index contributed by atoms with van der Waals surface area (Å²) < 4.78 is 5.65. The van der Waals surface area contributed by atoms with E-state index in [1.165, 1.54) is 0 Å². The minimum atomic E-state index is 0.247. The lowest BCUT2D eigenvalue weighted by atomic mass is 10.2. The van der Waals surface area contributed by atoms with Gasteiger partial charge in [0.15, 0.2) is 0 Å². The molecule has 2 rings (SSSR count). The third-order valence-corrected chi connectivity index (χ3v) is 3.73. The fourth-order valence-corrected chi connectivity index (χ4v) is 2.41. The molecule has 0 bridgehead atoms. The predicted octanol–water partition coefficient (Wildman–Crippen LogP) is 2.51. The molecule has 5 heteroatoms. The van der Waals surface area contributed by atoms with Crippen molar-refractivity contribution in [3.63, 3.8) is 0 Å². The monoisotopic (exact) mass is 313 g/mol. The van der Waals surface area contributed by atoms with Gasteiger partial charge >= 0.3 is 0 Å². The first kappa shape index (κ1) is 13.7. The van der Waals surface area contributed by atoms with Crippen LogP contribution in [0.5, 0.6) is 0 Å². The van der Waals surface area contributed by atoms with Crippen molar-refractivity contribution >= 4 is 21.7 Å². The van der Waals surface area contributed by atoms with Gasteiger partial charge in [0.1, 0.15) is 11.6 Å². The van der Waals surface area contributed by atoms with Gasteiger partial charge in [-0.05, 0) is 6.92 Å². The Kier molecular flexibility index (Phi) is 4.56. The SMILES string of the molecule is Cc1cc(N2CCOC(CBr)C2)nc(C(C)C)n1. The maximum Gasteiger partial charge on any atom is 0.133 e. The molecule has 0 spiro atoms. The molecule has 0 aliphatic carbocycles. The van der Waals surface area contributed by atoms with Gasteiger partial charge in [-0.2, -0.15) is 0 Å². The number of rotatable bonds is 3. The van der Waals surface area contributed by atoms with Crippen molar-refractivity contribution < 1.29 is 4.74 Å². The normalized spacial score (nSPS) is 20.5. The van der Waals surface area contributed by atoms with Crippen molar-refractivity contribution in [2.24, 2.45) is 0 Å². The largest absolute Gasteiger partial charge is 0.374 e. The summed E-state index contributed by atoms with van der Waals surface area (Å²) >= 11 is 3.48. The Morgan fingerprint density at radius 3 is 2.94 bits per heavy atom. The minimum Gasteiger partial charge on any atom is -0.374 e. The second-order valence-electron chi connectivity index (χ2n) is 4.97.